The predicted octanol–water partition coefficient (Wildman–Crippen LogP) is 1.23. The quantitative estimate of drug-likeness (QED) is 0.718. The number of carbonyl (C=O) groups is 2. The lowest BCUT2D eigenvalue weighted by molar-refractivity contribution is 0.0297. The number of ether oxygens (including phenoxy) is 2. The Balaban J connectivity index is 4.34. The van der Waals surface area contributed by atoms with Gasteiger partial charge in [0, 0.05) is 5.41 Å². The summed E-state index contributed by atoms with van der Waals surface area (Å²) >= 11 is 0. The van der Waals surface area contributed by atoms with Gasteiger partial charge in [-0.05, 0) is 12.3 Å². The maximum absolute atomic E-state index is 10.5. The van der Waals surface area contributed by atoms with E-state index in [1.807, 2.05) is 20.8 Å². The van der Waals surface area contributed by atoms with Gasteiger partial charge < -0.3 is 20.9 Å². The van der Waals surface area contributed by atoms with Crippen molar-refractivity contribution in [2.45, 2.75) is 27.2 Å². The van der Waals surface area contributed by atoms with E-state index in [0.717, 1.165) is 6.42 Å². The number of hydrogen-bond acceptors (Lipinski definition) is 4. The van der Waals surface area contributed by atoms with Crippen molar-refractivity contribution in [3.8, 4) is 0 Å². The highest BCUT2D eigenvalue weighted by Crippen LogP contribution is 2.27. The van der Waals surface area contributed by atoms with E-state index in [4.69, 9.17) is 20.9 Å². The number of hydrogen-bond donors (Lipinski definition) is 2. The lowest BCUT2D eigenvalue weighted by atomic mass is 9.83. The molecule has 0 heterocycles. The van der Waals surface area contributed by atoms with Crippen molar-refractivity contribution in [1.82, 2.24) is 0 Å². The van der Waals surface area contributed by atoms with E-state index in [1.165, 1.54) is 0 Å². The first-order chi connectivity index (χ1) is 7.25. The van der Waals surface area contributed by atoms with Gasteiger partial charge in [-0.25, -0.2) is 9.59 Å². The minimum atomic E-state index is -0.839. The summed E-state index contributed by atoms with van der Waals surface area (Å²) in [5.41, 5.74) is 9.33. The molecule has 0 aliphatic rings. The van der Waals surface area contributed by atoms with Gasteiger partial charge in [-0.2, -0.15) is 0 Å². The molecule has 2 amide bonds. The third-order valence-corrected chi connectivity index (χ3v) is 2.03. The first-order valence-corrected chi connectivity index (χ1v) is 5.09. The van der Waals surface area contributed by atoms with Crippen LogP contribution in [-0.2, 0) is 9.47 Å². The van der Waals surface area contributed by atoms with Gasteiger partial charge in [0.05, 0.1) is 0 Å². The largest absolute Gasteiger partial charge is 0.449 e. The highest BCUT2D eigenvalue weighted by Gasteiger charge is 2.29. The Morgan fingerprint density at radius 2 is 1.50 bits per heavy atom. The van der Waals surface area contributed by atoms with Crippen LogP contribution in [-0.4, -0.2) is 25.4 Å². The first-order valence-electron chi connectivity index (χ1n) is 5.09. The van der Waals surface area contributed by atoms with Crippen LogP contribution in [0.3, 0.4) is 0 Å². The summed E-state index contributed by atoms with van der Waals surface area (Å²) in [6.45, 7) is 6.10. The second-order valence-electron chi connectivity index (χ2n) is 4.62. The van der Waals surface area contributed by atoms with Crippen LogP contribution in [0.2, 0.25) is 0 Å². The van der Waals surface area contributed by atoms with E-state index >= 15 is 0 Å². The molecule has 0 aromatic heterocycles. The fourth-order valence-electron chi connectivity index (χ4n) is 1.64. The van der Waals surface area contributed by atoms with E-state index in [-0.39, 0.29) is 13.2 Å². The molecule has 6 nitrogen and oxygen atoms in total. The Hall–Kier alpha value is -1.46. The summed E-state index contributed by atoms with van der Waals surface area (Å²) in [4.78, 5) is 21.1. The lowest BCUT2D eigenvalue weighted by Gasteiger charge is -2.29. The SMILES string of the molecule is CC(C)CC(C)(COC(N)=O)COC(N)=O. The molecular weight excluding hydrogens is 212 g/mol. The maximum atomic E-state index is 10.5. The fraction of sp³-hybridized carbons (Fsp3) is 0.800. The molecule has 4 N–H and O–H groups in total. The molecule has 0 atom stereocenters. The van der Waals surface area contributed by atoms with Crippen molar-refractivity contribution in [3.05, 3.63) is 0 Å². The Bertz CT molecular complexity index is 235. The molecule has 16 heavy (non-hydrogen) atoms. The fourth-order valence-corrected chi connectivity index (χ4v) is 1.64. The zero-order valence-corrected chi connectivity index (χ0v) is 9.99. The van der Waals surface area contributed by atoms with Crippen LogP contribution < -0.4 is 11.5 Å². The molecule has 0 saturated heterocycles. The van der Waals surface area contributed by atoms with E-state index < -0.39 is 17.6 Å². The van der Waals surface area contributed by atoms with Crippen molar-refractivity contribution in [2.75, 3.05) is 13.2 Å². The Morgan fingerprint density at radius 1 is 1.12 bits per heavy atom. The van der Waals surface area contributed by atoms with Gasteiger partial charge in [0.1, 0.15) is 13.2 Å². The predicted molar refractivity (Wildman–Crippen MR) is 58.6 cm³/mol. The van der Waals surface area contributed by atoms with E-state index in [0.29, 0.717) is 5.92 Å². The third-order valence-electron chi connectivity index (χ3n) is 2.03. The van der Waals surface area contributed by atoms with Crippen LogP contribution in [0.15, 0.2) is 0 Å². The van der Waals surface area contributed by atoms with Gasteiger partial charge in [0.2, 0.25) is 0 Å². The van der Waals surface area contributed by atoms with Crippen LogP contribution in [0.25, 0.3) is 0 Å². The normalized spacial score (nSPS) is 11.2. The molecule has 0 aliphatic carbocycles. The van der Waals surface area contributed by atoms with E-state index in [1.54, 1.807) is 0 Å². The smallest absolute Gasteiger partial charge is 0.404 e. The highest BCUT2D eigenvalue weighted by atomic mass is 16.6. The second kappa shape index (κ2) is 6.19. The molecule has 0 saturated carbocycles. The number of rotatable bonds is 6. The van der Waals surface area contributed by atoms with Gasteiger partial charge in [-0.1, -0.05) is 20.8 Å². The molecule has 94 valence electrons. The lowest BCUT2D eigenvalue weighted by Crippen LogP contribution is -2.34. The van der Waals surface area contributed by atoms with Crippen molar-refractivity contribution in [3.63, 3.8) is 0 Å². The van der Waals surface area contributed by atoms with Crippen molar-refractivity contribution in [1.29, 1.82) is 0 Å². The third kappa shape index (κ3) is 6.92. The topological polar surface area (TPSA) is 105 Å². The minimum absolute atomic E-state index is 0.105. The second-order valence-corrected chi connectivity index (χ2v) is 4.62. The van der Waals surface area contributed by atoms with Crippen LogP contribution in [0.5, 0.6) is 0 Å². The van der Waals surface area contributed by atoms with Gasteiger partial charge in [-0.15, -0.1) is 0 Å². The van der Waals surface area contributed by atoms with Crippen LogP contribution in [0.1, 0.15) is 27.2 Å². The molecule has 0 aromatic rings. The Labute approximate surface area is 95.3 Å². The van der Waals surface area contributed by atoms with Crippen molar-refractivity contribution >= 4 is 12.2 Å². The van der Waals surface area contributed by atoms with Gasteiger partial charge in [0.15, 0.2) is 0 Å². The number of amides is 2. The first kappa shape index (κ1) is 14.5. The average Bonchev–Trinajstić information content (AvgIpc) is 2.11. The zero-order chi connectivity index (χ0) is 12.8. The molecule has 0 spiro atoms. The summed E-state index contributed by atoms with van der Waals surface area (Å²) in [5.74, 6) is 0.373. The highest BCUT2D eigenvalue weighted by molar-refractivity contribution is 5.65. The summed E-state index contributed by atoms with van der Waals surface area (Å²) < 4.78 is 9.49. The van der Waals surface area contributed by atoms with Gasteiger partial charge in [-0.3, -0.25) is 0 Å². The van der Waals surface area contributed by atoms with Crippen LogP contribution in [0.4, 0.5) is 9.59 Å². The molecule has 0 fully saturated rings. The molecule has 6 heteroatoms. The molecule has 0 radical (unpaired) electrons. The van der Waals surface area contributed by atoms with Crippen molar-refractivity contribution < 1.29 is 19.1 Å². The zero-order valence-electron chi connectivity index (χ0n) is 9.99. The molecule has 0 bridgehead atoms. The van der Waals surface area contributed by atoms with Crippen molar-refractivity contribution in [2.24, 2.45) is 22.8 Å². The summed E-state index contributed by atoms with van der Waals surface area (Å²) in [5, 5.41) is 0. The van der Waals surface area contributed by atoms with Crippen LogP contribution >= 0.6 is 0 Å². The molecule has 0 aromatic carbocycles. The van der Waals surface area contributed by atoms with E-state index in [2.05, 4.69) is 0 Å². The summed E-state index contributed by atoms with van der Waals surface area (Å²) in [7, 11) is 0. The van der Waals surface area contributed by atoms with Gasteiger partial charge in [0.25, 0.3) is 0 Å². The molecule has 0 aliphatic heterocycles. The summed E-state index contributed by atoms with van der Waals surface area (Å²) in [6.07, 6.45) is -0.948. The Morgan fingerprint density at radius 3 is 1.75 bits per heavy atom. The summed E-state index contributed by atoms with van der Waals surface area (Å²) in [6, 6.07) is 0. The standard InChI is InChI=1S/C10H20N2O4/c1-7(2)4-10(3,5-15-8(11)13)6-16-9(12)14/h7H,4-6H2,1-3H3,(H2,11,13)(H2,12,14). The monoisotopic (exact) mass is 232 g/mol. The Kier molecular flexibility index (Phi) is 5.63. The number of nitrogens with two attached hydrogens (primary N) is 2. The molecule has 0 unspecified atom stereocenters. The van der Waals surface area contributed by atoms with Crippen LogP contribution in [0, 0.1) is 11.3 Å². The number of carbonyl (C=O) groups excluding carboxylic acids is 2. The van der Waals surface area contributed by atoms with Gasteiger partial charge >= 0.3 is 12.2 Å². The average molecular weight is 232 g/mol. The maximum Gasteiger partial charge on any atom is 0.404 e. The number of primary amides is 2. The molecular formula is C10H20N2O4. The minimum Gasteiger partial charge on any atom is -0.449 e. The van der Waals surface area contributed by atoms with E-state index in [9.17, 15) is 9.59 Å². The molecule has 0 rings (SSSR count).